The third kappa shape index (κ3) is 2.92. The first-order valence-corrected chi connectivity index (χ1v) is 6.60. The number of esters is 1. The molecule has 1 aliphatic rings. The van der Waals surface area contributed by atoms with Crippen molar-refractivity contribution in [3.8, 4) is 0 Å². The number of carbonyl (C=O) groups is 2. The minimum Gasteiger partial charge on any atom is -0.469 e. The van der Waals surface area contributed by atoms with Gasteiger partial charge in [0.25, 0.3) is 0 Å². The Bertz CT molecular complexity index is 547. The molecule has 0 aliphatic carbocycles. The van der Waals surface area contributed by atoms with Gasteiger partial charge in [-0.2, -0.15) is 0 Å². The first-order valence-electron chi connectivity index (χ1n) is 6.60. The molecule has 2 rings (SSSR count). The Morgan fingerprint density at radius 1 is 1.30 bits per heavy atom. The van der Waals surface area contributed by atoms with Crippen LogP contribution < -0.4 is 10.6 Å². The number of amides is 1. The van der Waals surface area contributed by atoms with Gasteiger partial charge in [-0.1, -0.05) is 26.8 Å². The van der Waals surface area contributed by atoms with Crippen LogP contribution in [0.5, 0.6) is 0 Å². The van der Waals surface area contributed by atoms with Gasteiger partial charge >= 0.3 is 5.97 Å². The van der Waals surface area contributed by atoms with Gasteiger partial charge in [0.2, 0.25) is 5.91 Å². The fourth-order valence-electron chi connectivity index (χ4n) is 2.11. The second-order valence-electron chi connectivity index (χ2n) is 5.98. The lowest BCUT2D eigenvalue weighted by Gasteiger charge is -2.28. The number of carbonyl (C=O) groups excluding carboxylic acids is 2. The van der Waals surface area contributed by atoms with Gasteiger partial charge in [-0.05, 0) is 23.1 Å². The fourth-order valence-corrected chi connectivity index (χ4v) is 2.11. The summed E-state index contributed by atoms with van der Waals surface area (Å²) in [5.74, 6) is -0.625. The van der Waals surface area contributed by atoms with Crippen LogP contribution in [0.3, 0.4) is 0 Å². The van der Waals surface area contributed by atoms with E-state index in [2.05, 4.69) is 36.1 Å². The van der Waals surface area contributed by atoms with Gasteiger partial charge in [0.05, 0.1) is 24.9 Å². The molecule has 0 spiro atoms. The average Bonchev–Trinajstić information content (AvgIpc) is 2.37. The maximum atomic E-state index is 11.9. The van der Waals surface area contributed by atoms with Crippen LogP contribution in [0.2, 0.25) is 0 Å². The topological polar surface area (TPSA) is 67.4 Å². The molecule has 1 aliphatic heterocycles. The van der Waals surface area contributed by atoms with Crippen molar-refractivity contribution in [3.05, 3.63) is 23.8 Å². The van der Waals surface area contributed by atoms with Gasteiger partial charge in [-0.15, -0.1) is 0 Å². The van der Waals surface area contributed by atoms with Crippen molar-refractivity contribution in [2.75, 3.05) is 17.7 Å². The Morgan fingerprint density at radius 3 is 2.60 bits per heavy atom. The zero-order valence-electron chi connectivity index (χ0n) is 12.2. The third-order valence-electron chi connectivity index (χ3n) is 3.39. The number of anilines is 2. The van der Waals surface area contributed by atoms with E-state index in [-0.39, 0.29) is 17.7 Å². The standard InChI is InChI=1S/C15H20N2O3/c1-15(2,3)9-5-6-10-11(7-9)16-12(14(19)17-10)8-13(18)20-4/h5-7,12,16H,8H2,1-4H3,(H,17,19). The van der Waals surface area contributed by atoms with E-state index >= 15 is 0 Å². The molecule has 0 radical (unpaired) electrons. The second-order valence-corrected chi connectivity index (χ2v) is 5.98. The largest absolute Gasteiger partial charge is 0.469 e. The van der Waals surface area contributed by atoms with E-state index in [1.807, 2.05) is 18.2 Å². The van der Waals surface area contributed by atoms with Gasteiger partial charge in [0, 0.05) is 0 Å². The SMILES string of the molecule is COC(=O)CC1Nc2cc(C(C)(C)C)ccc2NC1=O. The lowest BCUT2D eigenvalue weighted by molar-refractivity contribution is -0.142. The van der Waals surface area contributed by atoms with Crippen LogP contribution in [-0.2, 0) is 19.7 Å². The molecule has 2 N–H and O–H groups in total. The number of rotatable bonds is 2. The van der Waals surface area contributed by atoms with Crippen LogP contribution >= 0.6 is 0 Å². The second kappa shape index (κ2) is 5.15. The van der Waals surface area contributed by atoms with Gasteiger partial charge in [0.15, 0.2) is 0 Å². The van der Waals surface area contributed by atoms with Crippen LogP contribution in [0, 0.1) is 0 Å². The highest BCUT2D eigenvalue weighted by atomic mass is 16.5. The van der Waals surface area contributed by atoms with Crippen LogP contribution in [0.25, 0.3) is 0 Å². The van der Waals surface area contributed by atoms with E-state index in [4.69, 9.17) is 0 Å². The predicted octanol–water partition coefficient (Wildman–Crippen LogP) is 2.28. The van der Waals surface area contributed by atoms with Crippen molar-refractivity contribution in [1.82, 2.24) is 0 Å². The van der Waals surface area contributed by atoms with Crippen molar-refractivity contribution in [1.29, 1.82) is 0 Å². The fraction of sp³-hybridized carbons (Fsp3) is 0.467. The number of nitrogens with one attached hydrogen (secondary N) is 2. The van der Waals surface area contributed by atoms with Crippen molar-refractivity contribution >= 4 is 23.3 Å². The van der Waals surface area contributed by atoms with Gasteiger partial charge in [0.1, 0.15) is 6.04 Å². The number of ether oxygens (including phenoxy) is 1. The highest BCUT2D eigenvalue weighted by Gasteiger charge is 2.28. The van der Waals surface area contributed by atoms with Crippen molar-refractivity contribution in [2.24, 2.45) is 0 Å². The molecule has 0 bridgehead atoms. The zero-order valence-corrected chi connectivity index (χ0v) is 12.2. The molecule has 1 atom stereocenters. The van der Waals surface area contributed by atoms with Crippen LogP contribution in [-0.4, -0.2) is 25.0 Å². The highest BCUT2D eigenvalue weighted by molar-refractivity contribution is 6.04. The minimum absolute atomic E-state index is 0.0154. The number of hydrogen-bond donors (Lipinski definition) is 2. The van der Waals surface area contributed by atoms with E-state index < -0.39 is 12.0 Å². The molecule has 1 amide bonds. The lowest BCUT2D eigenvalue weighted by atomic mass is 9.86. The predicted molar refractivity (Wildman–Crippen MR) is 77.8 cm³/mol. The first kappa shape index (κ1) is 14.4. The summed E-state index contributed by atoms with van der Waals surface area (Å²) in [6, 6.07) is 5.31. The van der Waals surface area contributed by atoms with E-state index in [1.165, 1.54) is 7.11 Å². The molecular weight excluding hydrogens is 256 g/mol. The molecule has 0 saturated carbocycles. The molecule has 1 unspecified atom stereocenters. The van der Waals surface area contributed by atoms with Gasteiger partial charge < -0.3 is 15.4 Å². The van der Waals surface area contributed by atoms with E-state index in [1.54, 1.807) is 0 Å². The molecule has 1 heterocycles. The number of hydrogen-bond acceptors (Lipinski definition) is 4. The average molecular weight is 276 g/mol. The van der Waals surface area contributed by atoms with Crippen LogP contribution in [0.4, 0.5) is 11.4 Å². The zero-order chi connectivity index (χ0) is 14.9. The summed E-state index contributed by atoms with van der Waals surface area (Å²) in [6.45, 7) is 6.38. The molecule has 1 aromatic carbocycles. The Labute approximate surface area is 118 Å². The normalized spacial score (nSPS) is 17.8. The Kier molecular flexibility index (Phi) is 3.70. The molecule has 20 heavy (non-hydrogen) atoms. The van der Waals surface area contributed by atoms with Crippen LogP contribution in [0.1, 0.15) is 32.8 Å². The summed E-state index contributed by atoms with van der Waals surface area (Å²) >= 11 is 0. The smallest absolute Gasteiger partial charge is 0.308 e. The summed E-state index contributed by atoms with van der Waals surface area (Å²) in [6.07, 6.45) is 0.0154. The molecule has 1 aromatic rings. The van der Waals surface area contributed by atoms with E-state index in [0.29, 0.717) is 0 Å². The number of benzene rings is 1. The summed E-state index contributed by atoms with van der Waals surface area (Å²) < 4.78 is 4.61. The highest BCUT2D eigenvalue weighted by Crippen LogP contribution is 2.33. The minimum atomic E-state index is -0.592. The maximum Gasteiger partial charge on any atom is 0.308 e. The van der Waals surface area contributed by atoms with Crippen molar-refractivity contribution in [3.63, 3.8) is 0 Å². The molecule has 5 nitrogen and oxygen atoms in total. The maximum absolute atomic E-state index is 11.9. The number of fused-ring (bicyclic) bond motifs is 1. The summed E-state index contributed by atoms with van der Waals surface area (Å²) in [7, 11) is 1.31. The Hall–Kier alpha value is -2.04. The Balaban J connectivity index is 2.26. The van der Waals surface area contributed by atoms with Gasteiger partial charge in [-0.3, -0.25) is 9.59 Å². The quantitative estimate of drug-likeness (QED) is 0.813. The number of methoxy groups -OCH3 is 1. The molecule has 0 fully saturated rings. The molecule has 0 aromatic heterocycles. The summed E-state index contributed by atoms with van der Waals surface area (Å²) in [5.41, 5.74) is 2.77. The summed E-state index contributed by atoms with van der Waals surface area (Å²) in [5, 5.41) is 5.92. The van der Waals surface area contributed by atoms with E-state index in [9.17, 15) is 9.59 Å². The lowest BCUT2D eigenvalue weighted by Crippen LogP contribution is -2.40. The monoisotopic (exact) mass is 276 g/mol. The third-order valence-corrected chi connectivity index (χ3v) is 3.39. The van der Waals surface area contributed by atoms with Crippen molar-refractivity contribution in [2.45, 2.75) is 38.6 Å². The molecule has 0 saturated heterocycles. The summed E-state index contributed by atoms with van der Waals surface area (Å²) in [4.78, 5) is 23.2. The molecular formula is C15H20N2O3. The van der Waals surface area contributed by atoms with Crippen LogP contribution in [0.15, 0.2) is 18.2 Å². The first-order chi connectivity index (χ1) is 9.31. The Morgan fingerprint density at radius 2 is 2.00 bits per heavy atom. The molecule has 108 valence electrons. The van der Waals surface area contributed by atoms with Gasteiger partial charge in [-0.25, -0.2) is 0 Å². The van der Waals surface area contributed by atoms with Crippen molar-refractivity contribution < 1.29 is 14.3 Å². The molecule has 5 heteroatoms. The van der Waals surface area contributed by atoms with E-state index in [0.717, 1.165) is 16.9 Å².